The van der Waals surface area contributed by atoms with Crippen LogP contribution in [-0.2, 0) is 9.53 Å². The van der Waals surface area contributed by atoms with Gasteiger partial charge in [-0.2, -0.15) is 0 Å². The van der Waals surface area contributed by atoms with Crippen molar-refractivity contribution in [3.8, 4) is 0 Å². The molecule has 3 rings (SSSR count). The van der Waals surface area contributed by atoms with Gasteiger partial charge in [0.2, 0.25) is 0 Å². The van der Waals surface area contributed by atoms with Gasteiger partial charge in [-0.1, -0.05) is 6.92 Å². The molecule has 6 nitrogen and oxygen atoms in total. The topological polar surface area (TPSA) is 61.9 Å². The van der Waals surface area contributed by atoms with Gasteiger partial charge < -0.3 is 19.9 Å². The Morgan fingerprint density at radius 1 is 1.00 bits per heavy atom. The summed E-state index contributed by atoms with van der Waals surface area (Å²) in [6.45, 7) is 7.12. The van der Waals surface area contributed by atoms with Crippen molar-refractivity contribution in [3.63, 3.8) is 0 Å². The Morgan fingerprint density at radius 3 is 2.25 bits per heavy atom. The van der Waals surface area contributed by atoms with Gasteiger partial charge in [0.05, 0.1) is 5.56 Å². The number of amides is 1. The van der Waals surface area contributed by atoms with E-state index in [4.69, 9.17) is 4.74 Å². The van der Waals surface area contributed by atoms with Crippen molar-refractivity contribution in [1.82, 2.24) is 4.90 Å². The fourth-order valence-electron chi connectivity index (χ4n) is 3.08. The van der Waals surface area contributed by atoms with Gasteiger partial charge in [-0.05, 0) is 77.7 Å². The zero-order chi connectivity index (χ0) is 19.9. The van der Waals surface area contributed by atoms with Crippen LogP contribution in [0, 0.1) is 3.57 Å². The number of nitrogens with zero attached hydrogens (tertiary/aromatic N) is 2. The van der Waals surface area contributed by atoms with Crippen LogP contribution in [0.15, 0.2) is 48.5 Å². The third-order valence-electron chi connectivity index (χ3n) is 4.75. The molecule has 1 fully saturated rings. The van der Waals surface area contributed by atoms with E-state index in [-0.39, 0.29) is 12.5 Å². The molecule has 1 N–H and O–H groups in total. The highest BCUT2D eigenvalue weighted by atomic mass is 127. The number of benzene rings is 2. The number of carbonyl (C=O) groups excluding carboxylic acids is 2. The van der Waals surface area contributed by atoms with Crippen molar-refractivity contribution in [1.29, 1.82) is 0 Å². The first kappa shape index (κ1) is 20.6. The summed E-state index contributed by atoms with van der Waals surface area (Å²) in [5, 5.41) is 2.76. The lowest BCUT2D eigenvalue weighted by Gasteiger charge is -2.35. The number of rotatable bonds is 6. The predicted molar refractivity (Wildman–Crippen MR) is 119 cm³/mol. The minimum Gasteiger partial charge on any atom is -0.452 e. The van der Waals surface area contributed by atoms with Gasteiger partial charge in [0, 0.05) is 41.1 Å². The molecular weight excluding hydrogens is 469 g/mol. The maximum absolute atomic E-state index is 12.1. The molecule has 2 aromatic carbocycles. The predicted octanol–water partition coefficient (Wildman–Crippen LogP) is 3.23. The molecule has 0 radical (unpaired) electrons. The largest absolute Gasteiger partial charge is 0.452 e. The maximum atomic E-state index is 12.1. The summed E-state index contributed by atoms with van der Waals surface area (Å²) in [6, 6.07) is 14.8. The zero-order valence-corrected chi connectivity index (χ0v) is 18.0. The number of esters is 1. The van der Waals surface area contributed by atoms with Crippen molar-refractivity contribution in [3.05, 3.63) is 57.7 Å². The van der Waals surface area contributed by atoms with Crippen LogP contribution in [0.4, 0.5) is 11.4 Å². The first-order valence-electron chi connectivity index (χ1n) is 9.35. The molecule has 0 aromatic heterocycles. The van der Waals surface area contributed by atoms with Crippen LogP contribution in [0.5, 0.6) is 0 Å². The molecule has 0 aliphatic carbocycles. The minimum absolute atomic E-state index is 0.314. The summed E-state index contributed by atoms with van der Waals surface area (Å²) in [4.78, 5) is 28.8. The molecule has 1 aliphatic rings. The van der Waals surface area contributed by atoms with E-state index < -0.39 is 5.97 Å². The summed E-state index contributed by atoms with van der Waals surface area (Å²) in [5.41, 5.74) is 2.27. The molecule has 0 spiro atoms. The summed E-state index contributed by atoms with van der Waals surface area (Å²) < 4.78 is 6.11. The number of carbonyl (C=O) groups is 2. The van der Waals surface area contributed by atoms with Crippen molar-refractivity contribution in [2.45, 2.75) is 6.92 Å². The molecule has 1 saturated heterocycles. The van der Waals surface area contributed by atoms with E-state index in [2.05, 4.69) is 44.6 Å². The van der Waals surface area contributed by atoms with Gasteiger partial charge in [0.15, 0.2) is 6.61 Å². The molecule has 2 aromatic rings. The molecule has 0 saturated carbocycles. The quantitative estimate of drug-likeness (QED) is 0.495. The van der Waals surface area contributed by atoms with E-state index in [1.165, 1.54) is 0 Å². The molecular formula is C21H24IN3O3. The van der Waals surface area contributed by atoms with Crippen LogP contribution in [0.25, 0.3) is 0 Å². The highest BCUT2D eigenvalue weighted by Gasteiger charge is 2.16. The molecule has 1 heterocycles. The van der Waals surface area contributed by atoms with Crippen LogP contribution in [0.3, 0.4) is 0 Å². The third kappa shape index (κ3) is 5.68. The molecule has 1 amide bonds. The van der Waals surface area contributed by atoms with Crippen molar-refractivity contribution in [2.24, 2.45) is 0 Å². The summed E-state index contributed by atoms with van der Waals surface area (Å²) in [5.74, 6) is -0.865. The number of anilines is 2. The first-order chi connectivity index (χ1) is 13.5. The van der Waals surface area contributed by atoms with Gasteiger partial charge in [0.1, 0.15) is 0 Å². The van der Waals surface area contributed by atoms with E-state index in [0.29, 0.717) is 11.3 Å². The lowest BCUT2D eigenvalue weighted by atomic mass is 10.2. The van der Waals surface area contributed by atoms with Gasteiger partial charge in [0.25, 0.3) is 5.91 Å². The average Bonchev–Trinajstić information content (AvgIpc) is 2.73. The Labute approximate surface area is 179 Å². The Bertz CT molecular complexity index is 801. The Kier molecular flexibility index (Phi) is 7.27. The van der Waals surface area contributed by atoms with Crippen LogP contribution in [-0.4, -0.2) is 56.1 Å². The summed E-state index contributed by atoms with van der Waals surface area (Å²) >= 11 is 2.16. The van der Waals surface area contributed by atoms with Crippen LogP contribution in [0.2, 0.25) is 0 Å². The SMILES string of the molecule is CCN1CCN(c2ccc(NC(=O)COC(=O)c3ccc(I)cc3)cc2)CC1. The van der Waals surface area contributed by atoms with Crippen molar-refractivity contribution in [2.75, 3.05) is 49.5 Å². The van der Waals surface area contributed by atoms with Gasteiger partial charge >= 0.3 is 5.97 Å². The van der Waals surface area contributed by atoms with Crippen LogP contribution < -0.4 is 10.2 Å². The Morgan fingerprint density at radius 2 is 1.64 bits per heavy atom. The summed E-state index contributed by atoms with van der Waals surface area (Å²) in [6.07, 6.45) is 0. The zero-order valence-electron chi connectivity index (χ0n) is 15.9. The number of ether oxygens (including phenoxy) is 1. The van der Waals surface area contributed by atoms with E-state index in [0.717, 1.165) is 42.0 Å². The van der Waals surface area contributed by atoms with Gasteiger partial charge in [-0.15, -0.1) is 0 Å². The number of halogens is 1. The average molecular weight is 493 g/mol. The Balaban J connectivity index is 1.46. The van der Waals surface area contributed by atoms with Gasteiger partial charge in [-0.3, -0.25) is 4.79 Å². The Hall–Kier alpha value is -2.13. The van der Waals surface area contributed by atoms with Gasteiger partial charge in [-0.25, -0.2) is 4.79 Å². The van der Waals surface area contributed by atoms with Crippen LogP contribution >= 0.6 is 22.6 Å². The van der Waals surface area contributed by atoms with E-state index in [1.807, 2.05) is 36.4 Å². The molecule has 7 heteroatoms. The second-order valence-electron chi connectivity index (χ2n) is 6.60. The van der Waals surface area contributed by atoms with Crippen molar-refractivity contribution >= 4 is 45.8 Å². The van der Waals surface area contributed by atoms with E-state index >= 15 is 0 Å². The molecule has 1 aliphatic heterocycles. The summed E-state index contributed by atoms with van der Waals surface area (Å²) in [7, 11) is 0. The number of hydrogen-bond donors (Lipinski definition) is 1. The smallest absolute Gasteiger partial charge is 0.338 e. The second-order valence-corrected chi connectivity index (χ2v) is 7.85. The molecule has 148 valence electrons. The lowest BCUT2D eigenvalue weighted by molar-refractivity contribution is -0.119. The standard InChI is InChI=1S/C21H24IN3O3/c1-2-24-11-13-25(14-12-24)19-9-7-18(8-10-19)23-20(26)15-28-21(27)16-3-5-17(22)6-4-16/h3-10H,2,11-15H2,1H3,(H,23,26). The third-order valence-corrected chi connectivity index (χ3v) is 5.47. The minimum atomic E-state index is -0.506. The number of hydrogen-bond acceptors (Lipinski definition) is 5. The molecule has 0 atom stereocenters. The molecule has 0 unspecified atom stereocenters. The normalized spacial score (nSPS) is 14.6. The highest BCUT2D eigenvalue weighted by Crippen LogP contribution is 2.19. The molecule has 0 bridgehead atoms. The van der Waals surface area contributed by atoms with Crippen molar-refractivity contribution < 1.29 is 14.3 Å². The van der Waals surface area contributed by atoms with Crippen LogP contribution in [0.1, 0.15) is 17.3 Å². The first-order valence-corrected chi connectivity index (χ1v) is 10.4. The fourth-order valence-corrected chi connectivity index (χ4v) is 3.43. The highest BCUT2D eigenvalue weighted by molar-refractivity contribution is 14.1. The van der Waals surface area contributed by atoms with E-state index in [9.17, 15) is 9.59 Å². The maximum Gasteiger partial charge on any atom is 0.338 e. The number of likely N-dealkylation sites (N-methyl/N-ethyl adjacent to an activating group) is 1. The number of nitrogens with one attached hydrogen (secondary N) is 1. The number of piperazine rings is 1. The van der Waals surface area contributed by atoms with E-state index in [1.54, 1.807) is 12.1 Å². The molecule has 28 heavy (non-hydrogen) atoms. The second kappa shape index (κ2) is 9.88. The monoisotopic (exact) mass is 493 g/mol. The lowest BCUT2D eigenvalue weighted by Crippen LogP contribution is -2.46. The fraction of sp³-hybridized carbons (Fsp3) is 0.333.